The predicted molar refractivity (Wildman–Crippen MR) is 83.1 cm³/mol. The zero-order valence-corrected chi connectivity index (χ0v) is 12.8. The molecule has 7 nitrogen and oxygen atoms in total. The van der Waals surface area contributed by atoms with Crippen molar-refractivity contribution in [3.05, 3.63) is 46.1 Å². The van der Waals surface area contributed by atoms with Crippen LogP contribution in [0.4, 0.5) is 0 Å². The van der Waals surface area contributed by atoms with Crippen LogP contribution in [0.2, 0.25) is 0 Å². The van der Waals surface area contributed by atoms with Gasteiger partial charge in [-0.15, -0.1) is 0 Å². The van der Waals surface area contributed by atoms with Crippen molar-refractivity contribution in [1.82, 2.24) is 24.9 Å². The van der Waals surface area contributed by atoms with E-state index in [9.17, 15) is 9.59 Å². The molecule has 1 saturated heterocycles. The van der Waals surface area contributed by atoms with Gasteiger partial charge in [0.1, 0.15) is 5.69 Å². The van der Waals surface area contributed by atoms with Gasteiger partial charge < -0.3 is 4.90 Å². The van der Waals surface area contributed by atoms with E-state index in [1.807, 2.05) is 11.0 Å². The Morgan fingerprint density at radius 1 is 1.26 bits per heavy atom. The highest BCUT2D eigenvalue weighted by atomic mass is 16.2. The van der Waals surface area contributed by atoms with Crippen LogP contribution in [0, 0.1) is 0 Å². The fourth-order valence-electron chi connectivity index (χ4n) is 3.21. The predicted octanol–water partition coefficient (Wildman–Crippen LogP) is 1.15. The molecule has 120 valence electrons. The van der Waals surface area contributed by atoms with Gasteiger partial charge in [-0.05, 0) is 37.8 Å². The summed E-state index contributed by atoms with van der Waals surface area (Å²) in [6.45, 7) is 1.17. The Hall–Kier alpha value is -2.44. The van der Waals surface area contributed by atoms with Crippen molar-refractivity contribution in [2.75, 3.05) is 6.54 Å². The molecule has 3 heterocycles. The fourth-order valence-corrected chi connectivity index (χ4v) is 3.21. The van der Waals surface area contributed by atoms with Gasteiger partial charge in [-0.3, -0.25) is 14.7 Å². The molecule has 23 heavy (non-hydrogen) atoms. The van der Waals surface area contributed by atoms with Gasteiger partial charge >= 0.3 is 0 Å². The minimum atomic E-state index is -0.102. The van der Waals surface area contributed by atoms with Crippen molar-refractivity contribution in [2.24, 2.45) is 0 Å². The van der Waals surface area contributed by atoms with E-state index in [-0.39, 0.29) is 17.5 Å². The van der Waals surface area contributed by atoms with E-state index in [2.05, 4.69) is 15.3 Å². The number of rotatable bonds is 4. The lowest BCUT2D eigenvalue weighted by Crippen LogP contribution is -2.40. The van der Waals surface area contributed by atoms with Crippen molar-refractivity contribution in [3.63, 3.8) is 0 Å². The summed E-state index contributed by atoms with van der Waals surface area (Å²) < 4.78 is 1.52. The Labute approximate surface area is 133 Å². The Kier molecular flexibility index (Phi) is 3.48. The van der Waals surface area contributed by atoms with Gasteiger partial charge in [-0.25, -0.2) is 4.68 Å². The molecule has 0 radical (unpaired) electrons. The molecule has 2 aromatic heterocycles. The van der Waals surface area contributed by atoms with Gasteiger partial charge in [0.25, 0.3) is 11.5 Å². The van der Waals surface area contributed by atoms with Gasteiger partial charge in [0, 0.05) is 24.7 Å². The van der Waals surface area contributed by atoms with Crippen LogP contribution >= 0.6 is 0 Å². The first kappa shape index (κ1) is 14.2. The second-order valence-electron chi connectivity index (χ2n) is 6.32. The average molecular weight is 313 g/mol. The van der Waals surface area contributed by atoms with E-state index in [1.165, 1.54) is 4.68 Å². The van der Waals surface area contributed by atoms with Crippen LogP contribution in [-0.2, 0) is 6.54 Å². The molecule has 0 aromatic carbocycles. The second kappa shape index (κ2) is 5.64. The Balaban J connectivity index is 1.54. The Morgan fingerprint density at radius 3 is 2.87 bits per heavy atom. The normalized spacial score (nSPS) is 20.9. The molecule has 1 N–H and O–H groups in total. The number of amides is 1. The van der Waals surface area contributed by atoms with E-state index in [1.54, 1.807) is 18.3 Å². The topological polar surface area (TPSA) is 83.9 Å². The van der Waals surface area contributed by atoms with Crippen LogP contribution in [0.1, 0.15) is 47.8 Å². The first-order chi connectivity index (χ1) is 11.2. The Morgan fingerprint density at radius 2 is 2.13 bits per heavy atom. The molecule has 7 heteroatoms. The number of H-pyrrole nitrogens is 1. The highest BCUT2D eigenvalue weighted by molar-refractivity contribution is 5.92. The zero-order valence-electron chi connectivity index (χ0n) is 12.8. The maximum atomic E-state index is 12.5. The molecule has 1 aliphatic heterocycles. The summed E-state index contributed by atoms with van der Waals surface area (Å²) in [7, 11) is 0. The van der Waals surface area contributed by atoms with Crippen molar-refractivity contribution in [1.29, 1.82) is 0 Å². The monoisotopic (exact) mass is 313 g/mol. The van der Waals surface area contributed by atoms with Gasteiger partial charge in [-0.2, -0.15) is 10.2 Å². The maximum Gasteiger partial charge on any atom is 0.272 e. The van der Waals surface area contributed by atoms with Crippen molar-refractivity contribution >= 4 is 5.91 Å². The van der Waals surface area contributed by atoms with E-state index in [0.717, 1.165) is 31.4 Å². The number of hydrogen-bond acceptors (Lipinski definition) is 4. The zero-order chi connectivity index (χ0) is 15.8. The van der Waals surface area contributed by atoms with Crippen LogP contribution in [0.3, 0.4) is 0 Å². The molecule has 1 amide bonds. The highest BCUT2D eigenvalue weighted by Crippen LogP contribution is 2.38. The number of hydrogen-bond donors (Lipinski definition) is 1. The van der Waals surface area contributed by atoms with Crippen molar-refractivity contribution in [2.45, 2.75) is 44.2 Å². The van der Waals surface area contributed by atoms with Gasteiger partial charge in [0.15, 0.2) is 0 Å². The minimum absolute atomic E-state index is 0.00505. The van der Waals surface area contributed by atoms with E-state index in [4.69, 9.17) is 0 Å². The number of likely N-dealkylation sites (tertiary alicyclic amines) is 1. The van der Waals surface area contributed by atoms with Crippen molar-refractivity contribution in [3.8, 4) is 0 Å². The lowest BCUT2D eigenvalue weighted by Gasteiger charge is -2.24. The summed E-state index contributed by atoms with van der Waals surface area (Å²) in [5.41, 5.74) is 1.38. The van der Waals surface area contributed by atoms with E-state index in [0.29, 0.717) is 24.7 Å². The van der Waals surface area contributed by atoms with Crippen molar-refractivity contribution < 1.29 is 4.79 Å². The lowest BCUT2D eigenvalue weighted by atomic mass is 10.2. The first-order valence-electron chi connectivity index (χ1n) is 8.11. The number of aromatic amines is 1. The number of aromatic nitrogens is 4. The third kappa shape index (κ3) is 2.78. The van der Waals surface area contributed by atoms with Gasteiger partial charge in [-0.1, -0.05) is 0 Å². The summed E-state index contributed by atoms with van der Waals surface area (Å²) in [5.74, 6) is 0.449. The molecule has 0 bridgehead atoms. The molecular formula is C16H19N5O2. The number of carbonyl (C=O) groups is 1. The second-order valence-corrected chi connectivity index (χ2v) is 6.32. The van der Waals surface area contributed by atoms with Crippen LogP contribution in [0.5, 0.6) is 0 Å². The molecular weight excluding hydrogens is 294 g/mol. The molecule has 1 aliphatic carbocycles. The summed E-state index contributed by atoms with van der Waals surface area (Å²) in [4.78, 5) is 26.4. The quantitative estimate of drug-likeness (QED) is 0.917. The minimum Gasteiger partial charge on any atom is -0.332 e. The summed E-state index contributed by atoms with van der Waals surface area (Å²) in [6, 6.07) is 5.11. The summed E-state index contributed by atoms with van der Waals surface area (Å²) >= 11 is 0. The number of nitrogens with zero attached hydrogens (tertiary/aromatic N) is 4. The van der Waals surface area contributed by atoms with E-state index < -0.39 is 0 Å². The molecule has 2 aliphatic rings. The molecule has 0 spiro atoms. The molecule has 4 rings (SSSR count). The lowest BCUT2D eigenvalue weighted by molar-refractivity contribution is 0.0714. The molecule has 2 aromatic rings. The van der Waals surface area contributed by atoms with E-state index >= 15 is 0 Å². The summed E-state index contributed by atoms with van der Waals surface area (Å²) in [6.07, 6.45) is 5.71. The number of nitrogens with one attached hydrogen (secondary N) is 1. The van der Waals surface area contributed by atoms with Crippen LogP contribution < -0.4 is 5.56 Å². The maximum absolute atomic E-state index is 12.5. The molecule has 1 saturated carbocycles. The fraction of sp³-hybridized carbons (Fsp3) is 0.500. The summed E-state index contributed by atoms with van der Waals surface area (Å²) in [5, 5.41) is 11.1. The largest absolute Gasteiger partial charge is 0.332 e. The van der Waals surface area contributed by atoms with Crippen LogP contribution in [0.15, 0.2) is 29.2 Å². The molecule has 2 fully saturated rings. The third-order valence-electron chi connectivity index (χ3n) is 4.64. The standard InChI is InChI=1S/C16H19N5O2/c22-15-6-5-13(11-3-4-11)19-21(15)10-12-2-1-9-20(12)16(23)14-7-8-17-18-14/h5-8,11-12H,1-4,9-10H2,(H,17,18). The van der Waals surface area contributed by atoms with Gasteiger partial charge in [0.2, 0.25) is 0 Å². The Bertz CT molecular complexity index is 763. The average Bonchev–Trinajstić information content (AvgIpc) is 3.08. The van der Waals surface area contributed by atoms with Crippen LogP contribution in [-0.4, -0.2) is 43.4 Å². The third-order valence-corrected chi connectivity index (χ3v) is 4.64. The highest BCUT2D eigenvalue weighted by Gasteiger charge is 2.31. The first-order valence-corrected chi connectivity index (χ1v) is 8.11. The molecule has 1 unspecified atom stereocenters. The number of carbonyl (C=O) groups excluding carboxylic acids is 1. The SMILES string of the molecule is O=C(c1ccn[nH]1)N1CCCC1Cn1nc(C2CC2)ccc1=O. The molecule has 1 atom stereocenters. The smallest absolute Gasteiger partial charge is 0.272 e. The van der Waals surface area contributed by atoms with Gasteiger partial charge in [0.05, 0.1) is 18.3 Å². The van der Waals surface area contributed by atoms with Crippen LogP contribution in [0.25, 0.3) is 0 Å².